The van der Waals surface area contributed by atoms with Crippen molar-refractivity contribution in [3.05, 3.63) is 48.0 Å². The van der Waals surface area contributed by atoms with Crippen molar-refractivity contribution >= 4 is 22.7 Å². The second kappa shape index (κ2) is 4.81. The molecule has 0 aliphatic carbocycles. The molecule has 4 heteroatoms. The number of benzene rings is 2. The molecular formula is C16H14N2O2. The number of carbonyl (C=O) groups is 1. The van der Waals surface area contributed by atoms with Gasteiger partial charge in [0.1, 0.15) is 5.52 Å². The van der Waals surface area contributed by atoms with Crippen LogP contribution in [0, 0.1) is 6.92 Å². The van der Waals surface area contributed by atoms with Crippen LogP contribution in [0.3, 0.4) is 0 Å². The van der Waals surface area contributed by atoms with E-state index in [2.05, 4.69) is 10.3 Å². The van der Waals surface area contributed by atoms with Gasteiger partial charge in [-0.05, 0) is 42.8 Å². The lowest BCUT2D eigenvalue weighted by Gasteiger charge is -2.07. The third-order valence-corrected chi connectivity index (χ3v) is 3.08. The molecule has 0 radical (unpaired) electrons. The molecule has 1 heterocycles. The maximum atomic E-state index is 11.1. The molecule has 4 nitrogen and oxygen atoms in total. The van der Waals surface area contributed by atoms with E-state index < -0.39 is 0 Å². The molecule has 0 spiro atoms. The summed E-state index contributed by atoms with van der Waals surface area (Å²) in [6.07, 6.45) is 0. The summed E-state index contributed by atoms with van der Waals surface area (Å²) in [5.41, 5.74) is 4.28. The largest absolute Gasteiger partial charge is 0.436 e. The zero-order valence-electron chi connectivity index (χ0n) is 11.3. The molecule has 0 aliphatic rings. The molecule has 20 heavy (non-hydrogen) atoms. The van der Waals surface area contributed by atoms with Crippen molar-refractivity contribution in [2.45, 2.75) is 13.8 Å². The molecule has 3 aromatic rings. The van der Waals surface area contributed by atoms with Crippen LogP contribution in [0.5, 0.6) is 0 Å². The van der Waals surface area contributed by atoms with Gasteiger partial charge in [-0.1, -0.05) is 12.1 Å². The summed E-state index contributed by atoms with van der Waals surface area (Å²) in [5, 5.41) is 2.79. The SMILES string of the molecule is CC(=O)Nc1ccc(-c2nc3ccccc3o2)cc1C. The van der Waals surface area contributed by atoms with E-state index in [1.807, 2.05) is 49.4 Å². The molecule has 0 bridgehead atoms. The molecule has 1 amide bonds. The molecule has 0 aliphatic heterocycles. The minimum absolute atomic E-state index is 0.0808. The van der Waals surface area contributed by atoms with E-state index in [9.17, 15) is 4.79 Å². The van der Waals surface area contributed by atoms with Crippen molar-refractivity contribution < 1.29 is 9.21 Å². The van der Waals surface area contributed by atoms with Gasteiger partial charge in [-0.15, -0.1) is 0 Å². The minimum Gasteiger partial charge on any atom is -0.436 e. The maximum Gasteiger partial charge on any atom is 0.227 e. The first-order valence-corrected chi connectivity index (χ1v) is 6.37. The lowest BCUT2D eigenvalue weighted by atomic mass is 10.1. The number of nitrogens with zero attached hydrogens (tertiary/aromatic N) is 1. The summed E-state index contributed by atoms with van der Waals surface area (Å²) in [5.74, 6) is 0.506. The van der Waals surface area contributed by atoms with E-state index >= 15 is 0 Å². The van der Waals surface area contributed by atoms with Gasteiger partial charge in [-0.2, -0.15) is 0 Å². The smallest absolute Gasteiger partial charge is 0.227 e. The first-order valence-electron chi connectivity index (χ1n) is 6.37. The molecule has 0 saturated carbocycles. The zero-order chi connectivity index (χ0) is 14.1. The Morgan fingerprint density at radius 1 is 1.20 bits per heavy atom. The lowest BCUT2D eigenvalue weighted by molar-refractivity contribution is -0.114. The van der Waals surface area contributed by atoms with Crippen LogP contribution in [0.4, 0.5) is 5.69 Å². The van der Waals surface area contributed by atoms with Crippen LogP contribution in [0.1, 0.15) is 12.5 Å². The van der Waals surface area contributed by atoms with Crippen molar-refractivity contribution in [3.63, 3.8) is 0 Å². The van der Waals surface area contributed by atoms with Gasteiger partial charge in [0, 0.05) is 18.2 Å². The number of nitrogens with one attached hydrogen (secondary N) is 1. The first-order chi connectivity index (χ1) is 9.63. The third kappa shape index (κ3) is 2.28. The molecule has 3 rings (SSSR count). The van der Waals surface area contributed by atoms with Gasteiger partial charge >= 0.3 is 0 Å². The van der Waals surface area contributed by atoms with E-state index in [1.165, 1.54) is 6.92 Å². The van der Waals surface area contributed by atoms with Crippen LogP contribution in [0.15, 0.2) is 46.9 Å². The summed E-state index contributed by atoms with van der Waals surface area (Å²) in [7, 11) is 0. The molecule has 100 valence electrons. The van der Waals surface area contributed by atoms with Gasteiger partial charge in [0.05, 0.1) is 0 Å². The average molecular weight is 266 g/mol. The fraction of sp³-hybridized carbons (Fsp3) is 0.125. The number of fused-ring (bicyclic) bond motifs is 1. The maximum absolute atomic E-state index is 11.1. The third-order valence-electron chi connectivity index (χ3n) is 3.08. The van der Waals surface area contributed by atoms with Gasteiger partial charge < -0.3 is 9.73 Å². The predicted molar refractivity (Wildman–Crippen MR) is 78.5 cm³/mol. The Morgan fingerprint density at radius 2 is 2.00 bits per heavy atom. The molecule has 0 saturated heterocycles. The van der Waals surface area contributed by atoms with Gasteiger partial charge in [-0.3, -0.25) is 4.79 Å². The lowest BCUT2D eigenvalue weighted by Crippen LogP contribution is -2.06. The van der Waals surface area contributed by atoms with Gasteiger partial charge in [0.2, 0.25) is 11.8 Å². The normalized spacial score (nSPS) is 10.7. The van der Waals surface area contributed by atoms with Crippen LogP contribution in [0.25, 0.3) is 22.6 Å². The Labute approximate surface area is 116 Å². The van der Waals surface area contributed by atoms with E-state index in [4.69, 9.17) is 4.42 Å². The summed E-state index contributed by atoms with van der Waals surface area (Å²) in [6, 6.07) is 13.4. The van der Waals surface area contributed by atoms with E-state index in [0.29, 0.717) is 5.89 Å². The monoisotopic (exact) mass is 266 g/mol. The van der Waals surface area contributed by atoms with Crippen LogP contribution in [0.2, 0.25) is 0 Å². The van der Waals surface area contributed by atoms with Crippen LogP contribution < -0.4 is 5.32 Å². The number of aryl methyl sites for hydroxylation is 1. The van der Waals surface area contributed by atoms with Gasteiger partial charge in [0.25, 0.3) is 0 Å². The molecular weight excluding hydrogens is 252 g/mol. The molecule has 2 aromatic carbocycles. The fourth-order valence-electron chi connectivity index (χ4n) is 2.12. The second-order valence-electron chi connectivity index (χ2n) is 4.70. The molecule has 0 unspecified atom stereocenters. The first kappa shape index (κ1) is 12.4. The summed E-state index contributed by atoms with van der Waals surface area (Å²) in [4.78, 5) is 15.6. The van der Waals surface area contributed by atoms with E-state index in [-0.39, 0.29) is 5.91 Å². The molecule has 0 atom stereocenters. The number of hydrogen-bond acceptors (Lipinski definition) is 3. The number of carbonyl (C=O) groups excluding carboxylic acids is 1. The highest BCUT2D eigenvalue weighted by Gasteiger charge is 2.09. The average Bonchev–Trinajstić information content (AvgIpc) is 2.84. The minimum atomic E-state index is -0.0808. The number of oxazole rings is 1. The standard InChI is InChI=1S/C16H14N2O2/c1-10-9-12(7-8-13(10)17-11(2)19)16-18-14-5-3-4-6-15(14)20-16/h3-9H,1-2H3,(H,17,19). The van der Waals surface area contributed by atoms with E-state index in [1.54, 1.807) is 0 Å². The number of amides is 1. The Balaban J connectivity index is 2.01. The summed E-state index contributed by atoms with van der Waals surface area (Å²) < 4.78 is 5.73. The number of aromatic nitrogens is 1. The fourth-order valence-corrected chi connectivity index (χ4v) is 2.12. The molecule has 1 aromatic heterocycles. The van der Waals surface area contributed by atoms with Gasteiger partial charge in [-0.25, -0.2) is 4.98 Å². The van der Waals surface area contributed by atoms with Crippen LogP contribution in [-0.2, 0) is 4.79 Å². The van der Waals surface area contributed by atoms with Gasteiger partial charge in [0.15, 0.2) is 5.58 Å². The number of hydrogen-bond donors (Lipinski definition) is 1. The highest BCUT2D eigenvalue weighted by Crippen LogP contribution is 2.27. The second-order valence-corrected chi connectivity index (χ2v) is 4.70. The van der Waals surface area contributed by atoms with Crippen LogP contribution in [-0.4, -0.2) is 10.9 Å². The van der Waals surface area contributed by atoms with Crippen molar-refractivity contribution in [3.8, 4) is 11.5 Å². The number of rotatable bonds is 2. The highest BCUT2D eigenvalue weighted by molar-refractivity contribution is 5.90. The Hall–Kier alpha value is -2.62. The van der Waals surface area contributed by atoms with Crippen molar-refractivity contribution in [2.75, 3.05) is 5.32 Å². The number of anilines is 1. The Bertz CT molecular complexity index is 757. The van der Waals surface area contributed by atoms with Crippen molar-refractivity contribution in [2.24, 2.45) is 0 Å². The topological polar surface area (TPSA) is 55.1 Å². The highest BCUT2D eigenvalue weighted by atomic mass is 16.3. The Morgan fingerprint density at radius 3 is 2.70 bits per heavy atom. The molecule has 1 N–H and O–H groups in total. The van der Waals surface area contributed by atoms with Crippen molar-refractivity contribution in [1.82, 2.24) is 4.98 Å². The van der Waals surface area contributed by atoms with E-state index in [0.717, 1.165) is 27.9 Å². The summed E-state index contributed by atoms with van der Waals surface area (Å²) >= 11 is 0. The summed E-state index contributed by atoms with van der Waals surface area (Å²) in [6.45, 7) is 3.44. The quantitative estimate of drug-likeness (QED) is 0.768. The zero-order valence-corrected chi connectivity index (χ0v) is 11.3. The number of para-hydroxylation sites is 2. The molecule has 0 fully saturated rings. The van der Waals surface area contributed by atoms with Crippen LogP contribution >= 0.6 is 0 Å². The van der Waals surface area contributed by atoms with Crippen molar-refractivity contribution in [1.29, 1.82) is 0 Å². The Kier molecular flexibility index (Phi) is 2.99. The predicted octanol–water partition coefficient (Wildman–Crippen LogP) is 3.76.